The predicted molar refractivity (Wildman–Crippen MR) is 132 cm³/mol. The van der Waals surface area contributed by atoms with Gasteiger partial charge in [-0.1, -0.05) is 6.92 Å². The largest absolute Gasteiger partial charge is 0.458 e. The number of ether oxygens (including phenoxy) is 1. The Morgan fingerprint density at radius 3 is 2.68 bits per heavy atom. The van der Waals surface area contributed by atoms with Crippen molar-refractivity contribution in [3.63, 3.8) is 0 Å². The molecule has 4 heterocycles. The van der Waals surface area contributed by atoms with Crippen LogP contribution in [0.15, 0.2) is 23.0 Å². The van der Waals surface area contributed by atoms with E-state index in [4.69, 9.17) is 9.84 Å². The number of benzene rings is 1. The van der Waals surface area contributed by atoms with Crippen LogP contribution in [0.25, 0.3) is 22.3 Å². The van der Waals surface area contributed by atoms with Gasteiger partial charge >= 0.3 is 5.97 Å². The van der Waals surface area contributed by atoms with Crippen molar-refractivity contribution in [1.29, 1.82) is 0 Å². The molecule has 3 N–H and O–H groups in total. The summed E-state index contributed by atoms with van der Waals surface area (Å²) in [6.45, 7) is 4.02. The monoisotopic (exact) mass is 531 g/mol. The summed E-state index contributed by atoms with van der Waals surface area (Å²) in [4.78, 5) is 30.6. The van der Waals surface area contributed by atoms with E-state index < -0.39 is 51.4 Å². The molecule has 2 aliphatic heterocycles. The van der Waals surface area contributed by atoms with Crippen molar-refractivity contribution in [1.82, 2.24) is 14.3 Å². The van der Waals surface area contributed by atoms with Gasteiger partial charge in [0.05, 0.1) is 41.4 Å². The van der Waals surface area contributed by atoms with Gasteiger partial charge in [-0.2, -0.15) is 0 Å². The predicted octanol–water partition coefficient (Wildman–Crippen LogP) is 1.50. The number of sulfonamides is 1. The standard InChI is InChI=1S/C25H26FN3O7S/c1-4-25(33)17-8-20-22-15(10-29(20)23(31)16(17)11-36-24(25)32)21(13(3)28-37(34,35)6-5-30)14-7-12(2)18(26)9-19(14)27-22/h7-9,13,28,30,33H,4-6,10-11H2,1-3H3/t13-,25-/m0/s1. The first-order valence-electron chi connectivity index (χ1n) is 11.8. The molecule has 1 aromatic carbocycles. The maximum absolute atomic E-state index is 14.6. The summed E-state index contributed by atoms with van der Waals surface area (Å²) in [6.07, 6.45) is -0.0147. The zero-order valence-electron chi connectivity index (χ0n) is 20.5. The normalized spacial score (nSPS) is 19.4. The van der Waals surface area contributed by atoms with Crippen molar-refractivity contribution >= 4 is 26.9 Å². The highest BCUT2D eigenvalue weighted by Gasteiger charge is 2.45. The first-order valence-corrected chi connectivity index (χ1v) is 13.5. The summed E-state index contributed by atoms with van der Waals surface area (Å²) in [5.74, 6) is -1.84. The number of hydrogen-bond acceptors (Lipinski definition) is 8. The van der Waals surface area contributed by atoms with Crippen LogP contribution in [0, 0.1) is 12.7 Å². The summed E-state index contributed by atoms with van der Waals surface area (Å²) < 4.78 is 48.6. The Bertz CT molecular complexity index is 1650. The topological polar surface area (TPSA) is 148 Å². The van der Waals surface area contributed by atoms with Gasteiger partial charge in [-0.15, -0.1) is 0 Å². The fourth-order valence-electron chi connectivity index (χ4n) is 5.24. The Kier molecular flexibility index (Phi) is 5.98. The number of aryl methyl sites for hydroxylation is 1. The molecule has 0 saturated heterocycles. The quantitative estimate of drug-likeness (QED) is 0.317. The van der Waals surface area contributed by atoms with Gasteiger partial charge in [-0.25, -0.2) is 27.3 Å². The Balaban J connectivity index is 1.79. The molecule has 0 saturated carbocycles. The number of nitrogens with zero attached hydrogens (tertiary/aromatic N) is 2. The lowest BCUT2D eigenvalue weighted by Crippen LogP contribution is -2.44. The van der Waals surface area contributed by atoms with E-state index in [-0.39, 0.29) is 36.2 Å². The van der Waals surface area contributed by atoms with Crippen LogP contribution in [-0.2, 0) is 38.3 Å². The molecule has 0 amide bonds. The minimum absolute atomic E-state index is 0.0147. The molecule has 0 radical (unpaired) electrons. The highest BCUT2D eigenvalue weighted by molar-refractivity contribution is 7.89. The second-order valence-electron chi connectivity index (χ2n) is 9.46. The lowest BCUT2D eigenvalue weighted by Gasteiger charge is -2.31. The number of halogens is 1. The van der Waals surface area contributed by atoms with Crippen molar-refractivity contribution in [3.8, 4) is 11.4 Å². The summed E-state index contributed by atoms with van der Waals surface area (Å²) in [7, 11) is -3.85. The Morgan fingerprint density at radius 2 is 2.00 bits per heavy atom. The number of esters is 1. The zero-order chi connectivity index (χ0) is 26.9. The van der Waals surface area contributed by atoms with Gasteiger partial charge in [0.15, 0.2) is 5.60 Å². The van der Waals surface area contributed by atoms with E-state index in [9.17, 15) is 27.5 Å². The fraction of sp³-hybridized carbons (Fsp3) is 0.400. The van der Waals surface area contributed by atoms with E-state index in [2.05, 4.69) is 9.71 Å². The van der Waals surface area contributed by atoms with Crippen molar-refractivity contribution in [2.75, 3.05) is 12.4 Å². The average molecular weight is 532 g/mol. The molecule has 3 aromatic rings. The van der Waals surface area contributed by atoms with E-state index in [0.717, 1.165) is 0 Å². The number of cyclic esters (lactones) is 1. The molecule has 0 fully saturated rings. The molecule has 0 aliphatic carbocycles. The summed E-state index contributed by atoms with van der Waals surface area (Å²) in [6, 6.07) is 3.57. The molecule has 196 valence electrons. The second kappa shape index (κ2) is 8.69. The molecule has 10 nitrogen and oxygen atoms in total. The van der Waals surface area contributed by atoms with Crippen LogP contribution in [0.4, 0.5) is 4.39 Å². The van der Waals surface area contributed by atoms with Crippen molar-refractivity contribution in [2.45, 2.75) is 52.0 Å². The number of pyridine rings is 2. The lowest BCUT2D eigenvalue weighted by molar-refractivity contribution is -0.172. The number of nitrogens with one attached hydrogen (secondary N) is 1. The molecule has 37 heavy (non-hydrogen) atoms. The first kappa shape index (κ1) is 25.5. The number of carbonyl (C=O) groups excluding carboxylic acids is 1. The lowest BCUT2D eigenvalue weighted by atomic mass is 9.86. The number of hydrogen-bond donors (Lipinski definition) is 3. The molecule has 2 aromatic heterocycles. The zero-order valence-corrected chi connectivity index (χ0v) is 21.3. The maximum atomic E-state index is 14.6. The molecular formula is C25H26FN3O7S. The molecule has 2 aliphatic rings. The second-order valence-corrected chi connectivity index (χ2v) is 11.3. The molecular weight excluding hydrogens is 505 g/mol. The van der Waals surface area contributed by atoms with Crippen LogP contribution in [-0.4, -0.2) is 46.5 Å². The number of fused-ring (bicyclic) bond motifs is 5. The summed E-state index contributed by atoms with van der Waals surface area (Å²) >= 11 is 0. The molecule has 0 spiro atoms. The van der Waals surface area contributed by atoms with Gasteiger partial charge in [0, 0.05) is 28.6 Å². The average Bonchev–Trinajstić information content (AvgIpc) is 3.19. The number of aliphatic hydroxyl groups excluding tert-OH is 1. The van der Waals surface area contributed by atoms with Crippen molar-refractivity contribution in [3.05, 3.63) is 62.2 Å². The van der Waals surface area contributed by atoms with Gasteiger partial charge in [0.1, 0.15) is 12.4 Å². The van der Waals surface area contributed by atoms with Gasteiger partial charge in [-0.05, 0) is 43.5 Å². The van der Waals surface area contributed by atoms with Crippen molar-refractivity contribution < 1.29 is 32.6 Å². The molecule has 0 unspecified atom stereocenters. The van der Waals surface area contributed by atoms with Gasteiger partial charge in [0.2, 0.25) is 10.0 Å². The summed E-state index contributed by atoms with van der Waals surface area (Å²) in [5.41, 5.74) is 0.175. The van der Waals surface area contributed by atoms with Crippen LogP contribution in [0.1, 0.15) is 54.1 Å². The molecule has 5 rings (SSSR count). The minimum Gasteiger partial charge on any atom is -0.458 e. The Morgan fingerprint density at radius 1 is 1.27 bits per heavy atom. The third kappa shape index (κ3) is 3.86. The van der Waals surface area contributed by atoms with Gasteiger partial charge in [0.25, 0.3) is 5.56 Å². The van der Waals surface area contributed by atoms with E-state index in [0.29, 0.717) is 33.5 Å². The fourth-order valence-corrected chi connectivity index (χ4v) is 6.26. The molecule has 2 atom stereocenters. The van der Waals surface area contributed by atoms with Crippen LogP contribution < -0.4 is 10.3 Å². The van der Waals surface area contributed by atoms with Crippen LogP contribution in [0.2, 0.25) is 0 Å². The molecule has 12 heteroatoms. The SMILES string of the molecule is CC[C@@]1(O)C(=O)OCc2c1cc1n(c2=O)Cc2c-1nc1cc(F)c(C)cc1c2[C@H](C)NS(=O)(=O)CCO. The minimum atomic E-state index is -3.85. The maximum Gasteiger partial charge on any atom is 0.343 e. The van der Waals surface area contributed by atoms with E-state index in [1.54, 1.807) is 32.9 Å². The first-order chi connectivity index (χ1) is 17.4. The summed E-state index contributed by atoms with van der Waals surface area (Å²) in [5, 5.41) is 20.7. The third-order valence-corrected chi connectivity index (χ3v) is 8.59. The van der Waals surface area contributed by atoms with Gasteiger partial charge in [-0.3, -0.25) is 4.79 Å². The smallest absolute Gasteiger partial charge is 0.343 e. The Hall–Kier alpha value is -3.19. The highest BCUT2D eigenvalue weighted by Crippen LogP contribution is 2.42. The van der Waals surface area contributed by atoms with Gasteiger partial charge < -0.3 is 19.5 Å². The van der Waals surface area contributed by atoms with E-state index in [1.807, 2.05) is 0 Å². The van der Waals surface area contributed by atoms with E-state index >= 15 is 0 Å². The van der Waals surface area contributed by atoms with Crippen molar-refractivity contribution in [2.24, 2.45) is 0 Å². The van der Waals surface area contributed by atoms with Crippen LogP contribution in [0.3, 0.4) is 0 Å². The molecule has 0 bridgehead atoms. The van der Waals surface area contributed by atoms with Crippen LogP contribution >= 0.6 is 0 Å². The van der Waals surface area contributed by atoms with E-state index in [1.165, 1.54) is 10.6 Å². The number of aliphatic hydroxyl groups is 2. The number of carbonyl (C=O) groups is 1. The number of aromatic nitrogens is 2. The van der Waals surface area contributed by atoms with Crippen LogP contribution in [0.5, 0.6) is 0 Å². The highest BCUT2D eigenvalue weighted by atomic mass is 32.2. The number of rotatable bonds is 6. The Labute approximate surface area is 211 Å². The third-order valence-electron chi connectivity index (χ3n) is 7.16.